The predicted molar refractivity (Wildman–Crippen MR) is 168 cm³/mol. The topological polar surface area (TPSA) is 72.5 Å². The molecule has 4 atom stereocenters. The molecule has 3 fully saturated rings. The second-order valence-corrected chi connectivity index (χ2v) is 13.1. The number of likely N-dealkylation sites (tertiary alicyclic amines) is 2. The Hall–Kier alpha value is -2.96. The standard InChI is InChI=1S/C36H48N4O2/c1-2-31(26-12-6-3-7-13-26)34-22-33(37-38-34)28-18-20-39(21-19-28)23-30-24-40(25-32(30)27-14-8-4-9-15-27)35(36(41)42)29-16-10-5-11-17-29/h3-4,6-9,12-15,22,28-32,35H,2,5,10-11,16-21,23-25H2,1H3,(H,37,38)(H,41,42)/t30-,31?,32+,35+/m0/s1. The third-order valence-corrected chi connectivity index (χ3v) is 10.5. The fraction of sp³-hybridized carbons (Fsp3) is 0.556. The quantitative estimate of drug-likeness (QED) is 0.279. The van der Waals surface area contributed by atoms with Crippen molar-refractivity contribution in [2.45, 2.75) is 82.1 Å². The van der Waals surface area contributed by atoms with Gasteiger partial charge in [-0.05, 0) is 74.2 Å². The average molecular weight is 569 g/mol. The Morgan fingerprint density at radius 3 is 2.31 bits per heavy atom. The van der Waals surface area contributed by atoms with Crippen molar-refractivity contribution in [1.29, 1.82) is 0 Å². The van der Waals surface area contributed by atoms with Gasteiger partial charge < -0.3 is 10.0 Å². The van der Waals surface area contributed by atoms with Gasteiger partial charge in [-0.15, -0.1) is 0 Å². The van der Waals surface area contributed by atoms with Crippen LogP contribution in [-0.2, 0) is 4.79 Å². The molecule has 3 aliphatic rings. The lowest BCUT2D eigenvalue weighted by Crippen LogP contribution is -2.46. The Balaban J connectivity index is 1.10. The van der Waals surface area contributed by atoms with Gasteiger partial charge in [-0.2, -0.15) is 5.10 Å². The number of hydrogen-bond donors (Lipinski definition) is 2. The zero-order valence-electron chi connectivity index (χ0n) is 25.2. The number of aromatic amines is 1. The lowest BCUT2D eigenvalue weighted by atomic mass is 9.83. The predicted octanol–water partition coefficient (Wildman–Crippen LogP) is 6.88. The van der Waals surface area contributed by atoms with Crippen LogP contribution in [0.25, 0.3) is 0 Å². The number of H-pyrrole nitrogens is 1. The van der Waals surface area contributed by atoms with E-state index in [1.165, 1.54) is 36.1 Å². The monoisotopic (exact) mass is 568 g/mol. The van der Waals surface area contributed by atoms with Crippen LogP contribution in [0.5, 0.6) is 0 Å². The van der Waals surface area contributed by atoms with Crippen LogP contribution in [0.15, 0.2) is 66.7 Å². The van der Waals surface area contributed by atoms with Gasteiger partial charge in [0.05, 0.1) is 5.69 Å². The van der Waals surface area contributed by atoms with E-state index in [0.717, 1.165) is 70.5 Å². The van der Waals surface area contributed by atoms with Crippen molar-refractivity contribution < 1.29 is 9.90 Å². The molecule has 0 radical (unpaired) electrons. The van der Waals surface area contributed by atoms with Crippen molar-refractivity contribution in [2.24, 2.45) is 11.8 Å². The molecule has 3 heterocycles. The minimum Gasteiger partial charge on any atom is -0.480 e. The number of piperidine rings is 1. The van der Waals surface area contributed by atoms with Crippen LogP contribution in [0, 0.1) is 11.8 Å². The highest BCUT2D eigenvalue weighted by Gasteiger charge is 2.43. The first-order valence-electron chi connectivity index (χ1n) is 16.4. The minimum atomic E-state index is -0.619. The summed E-state index contributed by atoms with van der Waals surface area (Å²) in [5, 5.41) is 18.5. The molecule has 0 amide bonds. The van der Waals surface area contributed by atoms with E-state index in [1.807, 2.05) is 0 Å². The van der Waals surface area contributed by atoms with E-state index in [1.54, 1.807) is 0 Å². The van der Waals surface area contributed by atoms with Crippen molar-refractivity contribution in [3.8, 4) is 0 Å². The number of aromatic nitrogens is 2. The van der Waals surface area contributed by atoms with Gasteiger partial charge in [0.1, 0.15) is 6.04 Å². The summed E-state index contributed by atoms with van der Waals surface area (Å²) in [6, 6.07) is 23.6. The van der Waals surface area contributed by atoms with Crippen molar-refractivity contribution >= 4 is 5.97 Å². The number of benzene rings is 2. The molecule has 2 N–H and O–H groups in total. The smallest absolute Gasteiger partial charge is 0.321 e. The van der Waals surface area contributed by atoms with Gasteiger partial charge in [0.15, 0.2) is 0 Å². The van der Waals surface area contributed by atoms with E-state index in [2.05, 4.69) is 88.6 Å². The van der Waals surface area contributed by atoms with Gasteiger partial charge in [-0.25, -0.2) is 0 Å². The van der Waals surface area contributed by atoms with Crippen LogP contribution in [0.3, 0.4) is 0 Å². The Morgan fingerprint density at radius 2 is 1.64 bits per heavy atom. The number of carboxylic acid groups (broad SMARTS) is 1. The summed E-state index contributed by atoms with van der Waals surface area (Å²) in [7, 11) is 0. The first-order valence-corrected chi connectivity index (χ1v) is 16.4. The Bertz CT molecular complexity index is 1260. The van der Waals surface area contributed by atoms with E-state index in [0.29, 0.717) is 23.7 Å². The fourth-order valence-electron chi connectivity index (χ4n) is 8.30. The third kappa shape index (κ3) is 6.50. The number of nitrogens with zero attached hydrogens (tertiary/aromatic N) is 3. The van der Waals surface area contributed by atoms with Gasteiger partial charge in [-0.1, -0.05) is 86.8 Å². The minimum absolute atomic E-state index is 0.288. The first kappa shape index (κ1) is 29.1. The van der Waals surface area contributed by atoms with Crippen LogP contribution in [0.2, 0.25) is 0 Å². The van der Waals surface area contributed by atoms with E-state index < -0.39 is 5.97 Å². The van der Waals surface area contributed by atoms with Gasteiger partial charge in [0.2, 0.25) is 0 Å². The summed E-state index contributed by atoms with van der Waals surface area (Å²) in [4.78, 5) is 17.6. The van der Waals surface area contributed by atoms with Crippen molar-refractivity contribution in [1.82, 2.24) is 20.0 Å². The fourth-order valence-corrected chi connectivity index (χ4v) is 8.30. The van der Waals surface area contributed by atoms with Crippen molar-refractivity contribution in [3.63, 3.8) is 0 Å². The summed E-state index contributed by atoms with van der Waals surface area (Å²) in [5.74, 6) is 1.35. The molecule has 6 heteroatoms. The molecule has 2 aliphatic heterocycles. The van der Waals surface area contributed by atoms with E-state index >= 15 is 0 Å². The summed E-state index contributed by atoms with van der Waals surface area (Å²) < 4.78 is 0. The van der Waals surface area contributed by atoms with E-state index in [9.17, 15) is 9.90 Å². The zero-order valence-corrected chi connectivity index (χ0v) is 25.2. The second kappa shape index (κ2) is 13.6. The summed E-state index contributed by atoms with van der Waals surface area (Å²) >= 11 is 0. The molecule has 3 aromatic rings. The highest BCUT2D eigenvalue weighted by atomic mass is 16.4. The maximum atomic E-state index is 12.6. The SMILES string of the molecule is CCC(c1ccccc1)c1cc(C2CCN(C[C@H]3CN([C@@H](C(=O)O)C4CCCCC4)C[C@@H]3c3ccccc3)CC2)[nH]n1. The maximum absolute atomic E-state index is 12.6. The number of hydrogen-bond acceptors (Lipinski definition) is 4. The van der Waals surface area contributed by atoms with E-state index in [4.69, 9.17) is 5.10 Å². The van der Waals surface area contributed by atoms with Crippen molar-refractivity contribution in [2.75, 3.05) is 32.7 Å². The van der Waals surface area contributed by atoms with Crippen LogP contribution >= 0.6 is 0 Å². The highest BCUT2D eigenvalue weighted by molar-refractivity contribution is 5.74. The van der Waals surface area contributed by atoms with Gasteiger partial charge in [-0.3, -0.25) is 14.8 Å². The molecule has 224 valence electrons. The molecule has 1 saturated carbocycles. The second-order valence-electron chi connectivity index (χ2n) is 13.1. The highest BCUT2D eigenvalue weighted by Crippen LogP contribution is 2.39. The molecular weight excluding hydrogens is 520 g/mol. The van der Waals surface area contributed by atoms with Crippen LogP contribution < -0.4 is 0 Å². The number of carboxylic acids is 1. The van der Waals surface area contributed by atoms with E-state index in [-0.39, 0.29) is 12.0 Å². The largest absolute Gasteiger partial charge is 0.480 e. The molecule has 2 saturated heterocycles. The molecule has 1 aliphatic carbocycles. The molecule has 2 aromatic carbocycles. The molecular formula is C36H48N4O2. The van der Waals surface area contributed by atoms with Gasteiger partial charge in [0, 0.05) is 43.1 Å². The number of rotatable bonds is 10. The van der Waals surface area contributed by atoms with Crippen LogP contribution in [0.1, 0.15) is 98.6 Å². The lowest BCUT2D eigenvalue weighted by molar-refractivity contribution is -0.145. The Kier molecular flexibility index (Phi) is 9.40. The van der Waals surface area contributed by atoms with Crippen LogP contribution in [0.4, 0.5) is 0 Å². The Labute approximate surface area is 251 Å². The summed E-state index contributed by atoms with van der Waals surface area (Å²) in [6.07, 6.45) is 9.02. The number of aliphatic carboxylic acids is 1. The van der Waals surface area contributed by atoms with Crippen LogP contribution in [-0.4, -0.2) is 69.8 Å². The zero-order chi connectivity index (χ0) is 28.9. The molecule has 1 unspecified atom stereocenters. The summed E-state index contributed by atoms with van der Waals surface area (Å²) in [6.45, 7) is 7.19. The molecule has 42 heavy (non-hydrogen) atoms. The first-order chi connectivity index (χ1) is 20.6. The Morgan fingerprint density at radius 1 is 0.952 bits per heavy atom. The number of nitrogens with one attached hydrogen (secondary N) is 1. The molecule has 0 bridgehead atoms. The number of carbonyl (C=O) groups is 1. The van der Waals surface area contributed by atoms with Gasteiger partial charge >= 0.3 is 5.97 Å². The normalized spacial score (nSPS) is 24.5. The molecule has 0 spiro atoms. The molecule has 6 nitrogen and oxygen atoms in total. The summed E-state index contributed by atoms with van der Waals surface area (Å²) in [5.41, 5.74) is 5.13. The third-order valence-electron chi connectivity index (χ3n) is 10.5. The molecule has 6 rings (SSSR count). The van der Waals surface area contributed by atoms with Crippen molar-refractivity contribution in [3.05, 3.63) is 89.2 Å². The van der Waals surface area contributed by atoms with Gasteiger partial charge in [0.25, 0.3) is 0 Å². The molecule has 1 aromatic heterocycles. The average Bonchev–Trinajstić information content (AvgIpc) is 3.67. The lowest BCUT2D eigenvalue weighted by Gasteiger charge is -2.35. The maximum Gasteiger partial charge on any atom is 0.321 e.